The summed E-state index contributed by atoms with van der Waals surface area (Å²) in [5, 5.41) is 6.34. The van der Waals surface area contributed by atoms with Crippen LogP contribution in [0.1, 0.15) is 50.5 Å². The van der Waals surface area contributed by atoms with E-state index < -0.39 is 10.0 Å². The third-order valence-corrected chi connectivity index (χ3v) is 7.39. The van der Waals surface area contributed by atoms with Gasteiger partial charge in [-0.15, -0.1) is 12.4 Å². The number of rotatable bonds is 7. The Morgan fingerprint density at radius 3 is 2.36 bits per heavy atom. The maximum absolute atomic E-state index is 12.8. The van der Waals surface area contributed by atoms with Gasteiger partial charge < -0.3 is 10.6 Å². The van der Waals surface area contributed by atoms with Crippen LogP contribution in [0, 0.1) is 0 Å². The maximum Gasteiger partial charge on any atom is 0.243 e. The first kappa shape index (κ1) is 23.1. The molecular weight excluding hydrogens is 398 g/mol. The summed E-state index contributed by atoms with van der Waals surface area (Å²) in [5.41, 5.74) is 0.985. The lowest BCUT2D eigenvalue weighted by molar-refractivity contribution is -0.121. The molecule has 0 aromatic heterocycles. The standard InChI is InChI=1S/C20H31N3O3S.ClH/c24-20(22-16-18-6-5-13-21-18)12-9-17-7-10-19(11-8-17)27(25,26)23-14-3-1-2-4-15-23;/h7-8,10-11,18,21H,1-6,9,12-16H2,(H,22,24);1H. The molecule has 6 nitrogen and oxygen atoms in total. The normalized spacial score (nSPS) is 20.9. The predicted molar refractivity (Wildman–Crippen MR) is 113 cm³/mol. The number of sulfonamides is 1. The number of halogens is 1. The van der Waals surface area contributed by atoms with Gasteiger partial charge in [0.25, 0.3) is 0 Å². The number of benzene rings is 1. The molecule has 1 aromatic rings. The Morgan fingerprint density at radius 2 is 1.75 bits per heavy atom. The number of amides is 1. The van der Waals surface area contributed by atoms with Crippen molar-refractivity contribution in [3.05, 3.63) is 29.8 Å². The lowest BCUT2D eigenvalue weighted by Gasteiger charge is -2.20. The SMILES string of the molecule is Cl.O=C(CCc1ccc(S(=O)(=O)N2CCCCCC2)cc1)NCC1CCCN1. The summed E-state index contributed by atoms with van der Waals surface area (Å²) in [7, 11) is -3.40. The second-order valence-corrected chi connectivity index (χ2v) is 9.50. The molecule has 2 aliphatic rings. The number of nitrogens with zero attached hydrogens (tertiary/aromatic N) is 1. The topological polar surface area (TPSA) is 78.5 Å². The number of hydrogen-bond donors (Lipinski definition) is 2. The lowest BCUT2D eigenvalue weighted by atomic mass is 10.1. The van der Waals surface area contributed by atoms with E-state index in [0.29, 0.717) is 43.4 Å². The van der Waals surface area contributed by atoms with Gasteiger partial charge in [0.05, 0.1) is 4.90 Å². The van der Waals surface area contributed by atoms with E-state index in [1.54, 1.807) is 16.4 Å². The third-order valence-electron chi connectivity index (χ3n) is 5.47. The molecule has 0 bridgehead atoms. The molecule has 2 fully saturated rings. The summed E-state index contributed by atoms with van der Waals surface area (Å²) in [4.78, 5) is 12.3. The molecule has 2 saturated heterocycles. The van der Waals surface area contributed by atoms with Gasteiger partial charge in [-0.2, -0.15) is 4.31 Å². The molecule has 2 aliphatic heterocycles. The van der Waals surface area contributed by atoms with E-state index >= 15 is 0 Å². The van der Waals surface area contributed by atoms with Gasteiger partial charge in [0.1, 0.15) is 0 Å². The highest BCUT2D eigenvalue weighted by atomic mass is 35.5. The maximum atomic E-state index is 12.8. The second-order valence-electron chi connectivity index (χ2n) is 7.56. The number of aryl methyl sites for hydroxylation is 1. The van der Waals surface area contributed by atoms with Crippen LogP contribution in [-0.2, 0) is 21.2 Å². The minimum atomic E-state index is -3.40. The Bertz CT molecular complexity index is 711. The molecule has 1 atom stereocenters. The Kier molecular flexibility index (Phi) is 9.21. The fraction of sp³-hybridized carbons (Fsp3) is 0.650. The monoisotopic (exact) mass is 429 g/mol. The van der Waals surface area contributed by atoms with Crippen molar-refractivity contribution in [3.63, 3.8) is 0 Å². The van der Waals surface area contributed by atoms with Crippen molar-refractivity contribution >= 4 is 28.3 Å². The molecule has 0 spiro atoms. The highest BCUT2D eigenvalue weighted by molar-refractivity contribution is 7.89. The van der Waals surface area contributed by atoms with E-state index in [1.165, 1.54) is 6.42 Å². The zero-order valence-electron chi connectivity index (χ0n) is 16.4. The quantitative estimate of drug-likeness (QED) is 0.697. The first-order chi connectivity index (χ1) is 13.1. The Morgan fingerprint density at radius 1 is 1.07 bits per heavy atom. The van der Waals surface area contributed by atoms with Crippen molar-refractivity contribution in [2.24, 2.45) is 0 Å². The molecule has 2 heterocycles. The summed E-state index contributed by atoms with van der Waals surface area (Å²) in [6.45, 7) is 2.94. The van der Waals surface area contributed by atoms with E-state index in [2.05, 4.69) is 10.6 Å². The van der Waals surface area contributed by atoms with Gasteiger partial charge in [0.15, 0.2) is 0 Å². The lowest BCUT2D eigenvalue weighted by Crippen LogP contribution is -2.37. The Hall–Kier alpha value is -1.15. The van der Waals surface area contributed by atoms with Crippen LogP contribution in [0.3, 0.4) is 0 Å². The molecule has 0 radical (unpaired) electrons. The van der Waals surface area contributed by atoms with E-state index in [1.807, 2.05) is 12.1 Å². The van der Waals surface area contributed by atoms with E-state index in [9.17, 15) is 13.2 Å². The summed E-state index contributed by atoms with van der Waals surface area (Å²) in [6.07, 6.45) is 7.40. The van der Waals surface area contributed by atoms with Gasteiger partial charge in [-0.05, 0) is 56.3 Å². The van der Waals surface area contributed by atoms with Gasteiger partial charge in [-0.3, -0.25) is 4.79 Å². The zero-order valence-corrected chi connectivity index (χ0v) is 18.0. The van der Waals surface area contributed by atoms with E-state index in [-0.39, 0.29) is 18.3 Å². The highest BCUT2D eigenvalue weighted by Gasteiger charge is 2.24. The van der Waals surface area contributed by atoms with Crippen LogP contribution in [0.15, 0.2) is 29.2 Å². The average molecular weight is 430 g/mol. The van der Waals surface area contributed by atoms with E-state index in [4.69, 9.17) is 0 Å². The second kappa shape index (κ2) is 11.1. The molecule has 2 N–H and O–H groups in total. The largest absolute Gasteiger partial charge is 0.355 e. The summed E-state index contributed by atoms with van der Waals surface area (Å²) < 4.78 is 27.2. The van der Waals surface area contributed by atoms with Crippen LogP contribution >= 0.6 is 12.4 Å². The van der Waals surface area contributed by atoms with Crippen LogP contribution in [-0.4, -0.2) is 50.9 Å². The fourth-order valence-electron chi connectivity index (χ4n) is 3.77. The van der Waals surface area contributed by atoms with Crippen molar-refractivity contribution in [2.45, 2.75) is 62.3 Å². The van der Waals surface area contributed by atoms with E-state index in [0.717, 1.165) is 44.2 Å². The van der Waals surface area contributed by atoms with Gasteiger partial charge in [0.2, 0.25) is 15.9 Å². The van der Waals surface area contributed by atoms with Crippen LogP contribution in [0.5, 0.6) is 0 Å². The van der Waals surface area contributed by atoms with Crippen LogP contribution < -0.4 is 10.6 Å². The molecule has 1 amide bonds. The minimum Gasteiger partial charge on any atom is -0.355 e. The average Bonchev–Trinajstić information content (AvgIpc) is 3.04. The Labute approximate surface area is 174 Å². The van der Waals surface area contributed by atoms with Gasteiger partial charge >= 0.3 is 0 Å². The van der Waals surface area contributed by atoms with Crippen molar-refractivity contribution in [1.29, 1.82) is 0 Å². The molecule has 0 saturated carbocycles. The van der Waals surface area contributed by atoms with Gasteiger partial charge in [-0.1, -0.05) is 25.0 Å². The summed E-state index contributed by atoms with van der Waals surface area (Å²) in [5.74, 6) is 0.0463. The third kappa shape index (κ3) is 6.44. The number of carbonyl (C=O) groups excluding carboxylic acids is 1. The zero-order chi connectivity index (χ0) is 19.1. The summed E-state index contributed by atoms with van der Waals surface area (Å²) >= 11 is 0. The molecular formula is C20H32ClN3O3S. The molecule has 28 heavy (non-hydrogen) atoms. The molecule has 8 heteroatoms. The molecule has 3 rings (SSSR count). The predicted octanol–water partition coefficient (Wildman–Crippen LogP) is 2.47. The first-order valence-electron chi connectivity index (χ1n) is 10.1. The number of carbonyl (C=O) groups is 1. The van der Waals surface area contributed by atoms with Crippen molar-refractivity contribution < 1.29 is 13.2 Å². The van der Waals surface area contributed by atoms with Crippen LogP contribution in [0.25, 0.3) is 0 Å². The molecule has 158 valence electrons. The van der Waals surface area contributed by atoms with Crippen molar-refractivity contribution in [3.8, 4) is 0 Å². The highest BCUT2D eigenvalue weighted by Crippen LogP contribution is 2.21. The van der Waals surface area contributed by atoms with Crippen molar-refractivity contribution in [2.75, 3.05) is 26.2 Å². The fourth-order valence-corrected chi connectivity index (χ4v) is 5.29. The smallest absolute Gasteiger partial charge is 0.243 e. The first-order valence-corrected chi connectivity index (χ1v) is 11.6. The Balaban J connectivity index is 0.00000280. The van der Waals surface area contributed by atoms with Crippen molar-refractivity contribution in [1.82, 2.24) is 14.9 Å². The minimum absolute atomic E-state index is 0. The molecule has 1 unspecified atom stereocenters. The molecule has 1 aromatic carbocycles. The molecule has 0 aliphatic carbocycles. The van der Waals surface area contributed by atoms with Crippen LogP contribution in [0.2, 0.25) is 0 Å². The van der Waals surface area contributed by atoms with Gasteiger partial charge in [-0.25, -0.2) is 8.42 Å². The summed E-state index contributed by atoms with van der Waals surface area (Å²) in [6, 6.07) is 7.41. The number of nitrogens with one attached hydrogen (secondary N) is 2. The van der Waals surface area contributed by atoms with Crippen LogP contribution in [0.4, 0.5) is 0 Å². The number of hydrogen-bond acceptors (Lipinski definition) is 4. The van der Waals surface area contributed by atoms with Gasteiger partial charge in [0, 0.05) is 32.1 Å².